The normalized spacial score (nSPS) is 41.4. The molecule has 3 aliphatic rings. The van der Waals surface area contributed by atoms with Gasteiger partial charge in [0, 0.05) is 11.8 Å². The molecule has 0 aliphatic heterocycles. The number of aliphatic hydroxyl groups is 2. The zero-order valence-corrected chi connectivity index (χ0v) is 16.3. The van der Waals surface area contributed by atoms with Gasteiger partial charge in [-0.2, -0.15) is 26.3 Å². The molecule has 3 fully saturated rings. The lowest BCUT2D eigenvalue weighted by molar-refractivity contribution is -0.326. The van der Waals surface area contributed by atoms with Crippen LogP contribution in [0.5, 0.6) is 0 Å². The van der Waals surface area contributed by atoms with Crippen molar-refractivity contribution in [1.29, 1.82) is 0 Å². The van der Waals surface area contributed by atoms with Gasteiger partial charge in [0.2, 0.25) is 0 Å². The third-order valence-corrected chi connectivity index (χ3v) is 8.04. The molecule has 0 aromatic heterocycles. The maximum Gasteiger partial charge on any atom is 0.417 e. The van der Waals surface area contributed by atoms with E-state index < -0.39 is 59.1 Å². The van der Waals surface area contributed by atoms with Crippen LogP contribution >= 0.6 is 0 Å². The van der Waals surface area contributed by atoms with Crippen LogP contribution in [0, 0.1) is 35.5 Å². The monoisotopic (exact) mass is 416 g/mol. The lowest BCUT2D eigenvalue weighted by atomic mass is 9.45. The number of rotatable bonds is 2. The molecule has 6 unspecified atom stereocenters. The molecule has 3 rings (SSSR count). The van der Waals surface area contributed by atoms with E-state index in [0.29, 0.717) is 51.4 Å². The molecule has 0 amide bonds. The Kier molecular flexibility index (Phi) is 5.57. The van der Waals surface area contributed by atoms with Crippen LogP contribution in [-0.2, 0) is 0 Å². The second-order valence-electron chi connectivity index (χ2n) is 9.57. The molecule has 8 heteroatoms. The molecule has 0 saturated heterocycles. The van der Waals surface area contributed by atoms with Gasteiger partial charge in [-0.25, -0.2) is 0 Å². The smallest absolute Gasteiger partial charge is 0.380 e. The summed E-state index contributed by atoms with van der Waals surface area (Å²) in [4.78, 5) is 0. The van der Waals surface area contributed by atoms with Crippen molar-refractivity contribution in [2.75, 3.05) is 0 Å². The molecular weight excluding hydrogens is 386 g/mol. The molecule has 6 atom stereocenters. The van der Waals surface area contributed by atoms with Gasteiger partial charge in [-0.1, -0.05) is 25.7 Å². The van der Waals surface area contributed by atoms with Gasteiger partial charge >= 0.3 is 12.4 Å². The minimum Gasteiger partial charge on any atom is -0.380 e. The molecule has 0 aromatic carbocycles. The van der Waals surface area contributed by atoms with E-state index in [-0.39, 0.29) is 0 Å². The number of halogens is 6. The Morgan fingerprint density at radius 3 is 0.929 bits per heavy atom. The largest absolute Gasteiger partial charge is 0.417 e. The molecule has 0 bridgehead atoms. The van der Waals surface area contributed by atoms with Gasteiger partial charge in [0.1, 0.15) is 0 Å². The van der Waals surface area contributed by atoms with Crippen molar-refractivity contribution in [3.8, 4) is 0 Å². The predicted molar refractivity (Wildman–Crippen MR) is 91.2 cm³/mol. The van der Waals surface area contributed by atoms with Crippen LogP contribution in [0.25, 0.3) is 0 Å². The third kappa shape index (κ3) is 3.36. The Labute approximate surface area is 161 Å². The summed E-state index contributed by atoms with van der Waals surface area (Å²) in [6.07, 6.45) is -5.64. The van der Waals surface area contributed by atoms with Gasteiger partial charge in [0.25, 0.3) is 0 Å². The Morgan fingerprint density at radius 2 is 0.750 bits per heavy atom. The van der Waals surface area contributed by atoms with Crippen molar-refractivity contribution in [1.82, 2.24) is 0 Å². The molecule has 2 nitrogen and oxygen atoms in total. The Balaban J connectivity index is 2.11. The summed E-state index contributed by atoms with van der Waals surface area (Å²) in [6, 6.07) is 0. The van der Waals surface area contributed by atoms with Gasteiger partial charge in [-0.3, -0.25) is 0 Å². The Morgan fingerprint density at radius 1 is 0.536 bits per heavy atom. The first kappa shape index (κ1) is 22.2. The second-order valence-corrected chi connectivity index (χ2v) is 9.57. The first-order chi connectivity index (χ1) is 12.7. The highest BCUT2D eigenvalue weighted by Crippen LogP contribution is 2.63. The summed E-state index contributed by atoms with van der Waals surface area (Å²) in [5, 5.41) is 21.2. The van der Waals surface area contributed by atoms with Crippen molar-refractivity contribution in [2.24, 2.45) is 35.5 Å². The SMILES string of the molecule is CC(O)(C1C2CCCCC2C(C(C)(O)C(F)(F)F)C2CCCCC21)C(F)(F)F. The van der Waals surface area contributed by atoms with E-state index in [1.165, 1.54) is 0 Å². The predicted octanol–water partition coefficient (Wildman–Crippen LogP) is 5.47. The summed E-state index contributed by atoms with van der Waals surface area (Å²) < 4.78 is 82.7. The van der Waals surface area contributed by atoms with Crippen molar-refractivity contribution in [3.05, 3.63) is 0 Å². The highest BCUT2D eigenvalue weighted by Gasteiger charge is 2.68. The highest BCUT2D eigenvalue weighted by atomic mass is 19.4. The van der Waals surface area contributed by atoms with Crippen LogP contribution in [0.3, 0.4) is 0 Å². The first-order valence-electron chi connectivity index (χ1n) is 10.3. The first-order valence-corrected chi connectivity index (χ1v) is 10.3. The van der Waals surface area contributed by atoms with E-state index in [1.807, 2.05) is 0 Å². The molecule has 28 heavy (non-hydrogen) atoms. The minimum absolute atomic E-state index is 0.370. The molecular formula is C20H30F6O2. The van der Waals surface area contributed by atoms with Crippen LogP contribution in [0.2, 0.25) is 0 Å². The van der Waals surface area contributed by atoms with Gasteiger partial charge in [0.15, 0.2) is 11.2 Å². The van der Waals surface area contributed by atoms with Crippen molar-refractivity contribution < 1.29 is 36.6 Å². The molecule has 0 heterocycles. The fourth-order valence-electron chi connectivity index (χ4n) is 6.84. The average Bonchev–Trinajstić information content (AvgIpc) is 2.56. The summed E-state index contributed by atoms with van der Waals surface area (Å²) in [6.45, 7) is 1.58. The molecule has 2 N–H and O–H groups in total. The molecule has 0 aromatic rings. The molecule has 3 saturated carbocycles. The maximum atomic E-state index is 13.8. The number of hydrogen-bond donors (Lipinski definition) is 2. The molecule has 0 radical (unpaired) electrons. The van der Waals surface area contributed by atoms with Crippen molar-refractivity contribution in [3.63, 3.8) is 0 Å². The molecule has 164 valence electrons. The Hall–Kier alpha value is -0.500. The molecule has 3 aliphatic carbocycles. The third-order valence-electron chi connectivity index (χ3n) is 8.04. The highest BCUT2D eigenvalue weighted by molar-refractivity contribution is 5.10. The van der Waals surface area contributed by atoms with Crippen LogP contribution in [0.1, 0.15) is 65.2 Å². The number of fused-ring (bicyclic) bond motifs is 2. The fraction of sp³-hybridized carbons (Fsp3) is 1.00. The van der Waals surface area contributed by atoms with E-state index in [4.69, 9.17) is 0 Å². The van der Waals surface area contributed by atoms with Crippen molar-refractivity contribution >= 4 is 0 Å². The fourth-order valence-corrected chi connectivity index (χ4v) is 6.84. The van der Waals surface area contributed by atoms with Crippen LogP contribution < -0.4 is 0 Å². The van der Waals surface area contributed by atoms with Crippen molar-refractivity contribution in [2.45, 2.75) is 88.8 Å². The lowest BCUT2D eigenvalue weighted by Gasteiger charge is -2.61. The quantitative estimate of drug-likeness (QED) is 0.586. The topological polar surface area (TPSA) is 40.5 Å². The maximum absolute atomic E-state index is 13.8. The van der Waals surface area contributed by atoms with E-state index >= 15 is 0 Å². The van der Waals surface area contributed by atoms with Crippen LogP contribution in [-0.4, -0.2) is 33.8 Å². The number of alkyl halides is 6. The van der Waals surface area contributed by atoms with E-state index in [9.17, 15) is 36.6 Å². The van der Waals surface area contributed by atoms with Gasteiger partial charge < -0.3 is 10.2 Å². The summed E-state index contributed by atoms with van der Waals surface area (Å²) in [5.41, 5.74) is -5.88. The van der Waals surface area contributed by atoms with Gasteiger partial charge in [0.05, 0.1) is 0 Å². The van der Waals surface area contributed by atoms with E-state index in [1.54, 1.807) is 0 Å². The summed E-state index contributed by atoms with van der Waals surface area (Å²) in [5.74, 6) is -4.90. The van der Waals surface area contributed by atoms with E-state index in [2.05, 4.69) is 0 Å². The van der Waals surface area contributed by atoms with Gasteiger partial charge in [-0.05, 0) is 63.2 Å². The van der Waals surface area contributed by atoms with Crippen LogP contribution in [0.4, 0.5) is 26.3 Å². The lowest BCUT2D eigenvalue weighted by Crippen LogP contribution is -2.65. The van der Waals surface area contributed by atoms with E-state index in [0.717, 1.165) is 13.8 Å². The summed E-state index contributed by atoms with van der Waals surface area (Å²) in [7, 11) is 0. The molecule has 0 spiro atoms. The number of hydrogen-bond acceptors (Lipinski definition) is 2. The minimum atomic E-state index is -4.85. The van der Waals surface area contributed by atoms with Crippen LogP contribution in [0.15, 0.2) is 0 Å². The second kappa shape index (κ2) is 7.03. The Bertz CT molecular complexity index is 494. The zero-order valence-electron chi connectivity index (χ0n) is 16.3. The standard InChI is InChI=1S/C20H30F6O2/c1-17(27,19(21,22)23)15-11-7-3-5-9-13(11)16(18(2,28)20(24,25)26)14-10-6-4-8-12(14)15/h11-16,27-28H,3-10H2,1-2H3. The van der Waals surface area contributed by atoms with Gasteiger partial charge in [-0.15, -0.1) is 0 Å². The average molecular weight is 416 g/mol. The zero-order chi connectivity index (χ0) is 21.1. The summed E-state index contributed by atoms with van der Waals surface area (Å²) >= 11 is 0.